The van der Waals surface area contributed by atoms with E-state index in [-0.39, 0.29) is 11.5 Å². The van der Waals surface area contributed by atoms with Gasteiger partial charge in [0.2, 0.25) is 0 Å². The number of anilines is 1. The van der Waals surface area contributed by atoms with Crippen molar-refractivity contribution >= 4 is 22.9 Å². The summed E-state index contributed by atoms with van der Waals surface area (Å²) in [5.74, 6) is 1.73. The molecule has 0 saturated heterocycles. The van der Waals surface area contributed by atoms with E-state index >= 15 is 0 Å². The summed E-state index contributed by atoms with van der Waals surface area (Å²) in [6, 6.07) is 18.3. The van der Waals surface area contributed by atoms with Gasteiger partial charge in [0.1, 0.15) is 19.0 Å². The number of nitrogens with one attached hydrogen (secondary N) is 2. The topological polar surface area (TPSA) is 93.3 Å². The van der Waals surface area contributed by atoms with Gasteiger partial charge in [0.05, 0.1) is 4.88 Å². The lowest BCUT2D eigenvalue weighted by atomic mass is 10.1. The van der Waals surface area contributed by atoms with Gasteiger partial charge in [0.15, 0.2) is 11.5 Å². The number of rotatable bonds is 5. The number of aryl methyl sites for hydroxylation is 1. The number of carbonyl (C=O) groups excluding carboxylic acids is 1. The van der Waals surface area contributed by atoms with E-state index in [1.165, 1.54) is 17.4 Å². The number of aromatic nitrogens is 2. The summed E-state index contributed by atoms with van der Waals surface area (Å²) in [5, 5.41) is 2.93. The molecular formula is C25H21N3O4S. The van der Waals surface area contributed by atoms with E-state index in [1.807, 2.05) is 43.3 Å². The molecule has 0 saturated carbocycles. The Hall–Kier alpha value is -3.91. The monoisotopic (exact) mass is 459 g/mol. The molecule has 3 heterocycles. The summed E-state index contributed by atoms with van der Waals surface area (Å²) >= 11 is 1.40. The minimum Gasteiger partial charge on any atom is -0.486 e. The standard InChI is InChI=1S/C25H21N3O4S/c1-2-17-14-23(29)28-24(26-17)16-4-3-5-18(12-16)27-25(30)22-9-8-21(33-22)15-6-7-19-20(13-15)32-11-10-31-19/h3-9,12-14H,2,10-11H2,1H3,(H,27,30)(H,26,28,29). The van der Waals surface area contributed by atoms with E-state index < -0.39 is 0 Å². The first-order chi connectivity index (χ1) is 16.1. The van der Waals surface area contributed by atoms with Crippen molar-refractivity contribution in [2.45, 2.75) is 13.3 Å². The fourth-order valence-corrected chi connectivity index (χ4v) is 4.47. The molecule has 0 radical (unpaired) electrons. The average Bonchev–Trinajstić information content (AvgIpc) is 3.34. The molecular weight excluding hydrogens is 438 g/mol. The van der Waals surface area contributed by atoms with Crippen molar-refractivity contribution in [1.82, 2.24) is 9.97 Å². The number of ether oxygens (including phenoxy) is 2. The molecule has 4 aromatic rings. The van der Waals surface area contributed by atoms with Crippen LogP contribution in [0.3, 0.4) is 0 Å². The average molecular weight is 460 g/mol. The van der Waals surface area contributed by atoms with Crippen LogP contribution in [0.15, 0.2) is 65.5 Å². The van der Waals surface area contributed by atoms with Crippen molar-refractivity contribution in [1.29, 1.82) is 0 Å². The molecule has 33 heavy (non-hydrogen) atoms. The fraction of sp³-hybridized carbons (Fsp3) is 0.160. The molecule has 2 aromatic heterocycles. The van der Waals surface area contributed by atoms with Crippen LogP contribution in [0.25, 0.3) is 21.8 Å². The summed E-state index contributed by atoms with van der Waals surface area (Å²) in [4.78, 5) is 33.6. The summed E-state index contributed by atoms with van der Waals surface area (Å²) in [6.45, 7) is 3.02. The van der Waals surface area contributed by atoms with Gasteiger partial charge in [-0.3, -0.25) is 9.59 Å². The molecule has 0 aliphatic carbocycles. The molecule has 166 valence electrons. The first kappa shape index (κ1) is 21.0. The summed E-state index contributed by atoms with van der Waals surface area (Å²) in [7, 11) is 0. The molecule has 0 spiro atoms. The van der Waals surface area contributed by atoms with Gasteiger partial charge < -0.3 is 19.8 Å². The van der Waals surface area contributed by atoms with Crippen LogP contribution < -0.4 is 20.3 Å². The molecule has 1 aliphatic rings. The lowest BCUT2D eigenvalue weighted by Gasteiger charge is -2.18. The zero-order valence-corrected chi connectivity index (χ0v) is 18.7. The fourth-order valence-electron chi connectivity index (χ4n) is 3.57. The number of H-pyrrole nitrogens is 1. The van der Waals surface area contributed by atoms with Crippen molar-refractivity contribution < 1.29 is 14.3 Å². The Morgan fingerprint density at radius 3 is 2.73 bits per heavy atom. The van der Waals surface area contributed by atoms with Gasteiger partial charge in [-0.05, 0) is 54.4 Å². The Balaban J connectivity index is 1.35. The largest absolute Gasteiger partial charge is 0.486 e. The zero-order valence-electron chi connectivity index (χ0n) is 17.9. The second-order valence-electron chi connectivity index (χ2n) is 7.50. The Morgan fingerprint density at radius 1 is 1.03 bits per heavy atom. The Bertz CT molecular complexity index is 1390. The zero-order chi connectivity index (χ0) is 22.8. The van der Waals surface area contributed by atoms with E-state index in [9.17, 15) is 9.59 Å². The first-order valence-corrected chi connectivity index (χ1v) is 11.4. The SMILES string of the molecule is CCc1cc(=O)[nH]c(-c2cccc(NC(=O)c3ccc(-c4ccc5c(c4)OCCO5)s3)c2)n1. The van der Waals surface area contributed by atoms with Crippen LogP contribution in [0.1, 0.15) is 22.3 Å². The van der Waals surface area contributed by atoms with Crippen molar-refractivity contribution in [3.05, 3.63) is 81.6 Å². The minimum atomic E-state index is -0.204. The summed E-state index contributed by atoms with van der Waals surface area (Å²) < 4.78 is 11.2. The summed E-state index contributed by atoms with van der Waals surface area (Å²) in [6.07, 6.45) is 0.664. The van der Waals surface area contributed by atoms with E-state index in [1.54, 1.807) is 18.2 Å². The third-order valence-electron chi connectivity index (χ3n) is 5.21. The number of amides is 1. The maximum absolute atomic E-state index is 12.9. The summed E-state index contributed by atoms with van der Waals surface area (Å²) in [5.41, 5.74) is 2.83. The Morgan fingerprint density at radius 2 is 1.88 bits per heavy atom. The second-order valence-corrected chi connectivity index (χ2v) is 8.58. The van der Waals surface area contributed by atoms with Gasteiger partial charge in [0.25, 0.3) is 11.5 Å². The lowest BCUT2D eigenvalue weighted by molar-refractivity contribution is 0.103. The highest BCUT2D eigenvalue weighted by atomic mass is 32.1. The third kappa shape index (κ3) is 4.51. The van der Waals surface area contributed by atoms with E-state index in [0.29, 0.717) is 47.5 Å². The maximum atomic E-state index is 12.9. The van der Waals surface area contributed by atoms with Gasteiger partial charge in [0, 0.05) is 27.9 Å². The molecule has 7 nitrogen and oxygen atoms in total. The van der Waals surface area contributed by atoms with E-state index in [2.05, 4.69) is 15.3 Å². The van der Waals surface area contributed by atoms with Crippen LogP contribution in [0.2, 0.25) is 0 Å². The third-order valence-corrected chi connectivity index (χ3v) is 6.34. The van der Waals surface area contributed by atoms with Crippen LogP contribution >= 0.6 is 11.3 Å². The van der Waals surface area contributed by atoms with E-state index in [0.717, 1.165) is 21.8 Å². The molecule has 0 bridgehead atoms. The van der Waals surface area contributed by atoms with Crippen LogP contribution in [-0.4, -0.2) is 29.1 Å². The van der Waals surface area contributed by atoms with Gasteiger partial charge in [-0.25, -0.2) is 4.98 Å². The highest BCUT2D eigenvalue weighted by Crippen LogP contribution is 2.37. The van der Waals surface area contributed by atoms with Gasteiger partial charge in [-0.2, -0.15) is 0 Å². The minimum absolute atomic E-state index is 0.198. The lowest BCUT2D eigenvalue weighted by Crippen LogP contribution is -2.15. The van der Waals surface area contributed by atoms with Crippen LogP contribution in [0.5, 0.6) is 11.5 Å². The van der Waals surface area contributed by atoms with Crippen LogP contribution in [-0.2, 0) is 6.42 Å². The molecule has 1 aliphatic heterocycles. The molecule has 0 unspecified atom stereocenters. The van der Waals surface area contributed by atoms with Crippen LogP contribution in [0.4, 0.5) is 5.69 Å². The van der Waals surface area contributed by atoms with Gasteiger partial charge >= 0.3 is 0 Å². The smallest absolute Gasteiger partial charge is 0.265 e. The van der Waals surface area contributed by atoms with E-state index in [4.69, 9.17) is 9.47 Å². The molecule has 2 N–H and O–H groups in total. The highest BCUT2D eigenvalue weighted by Gasteiger charge is 2.15. The normalized spacial score (nSPS) is 12.4. The van der Waals surface area contributed by atoms with Gasteiger partial charge in [-0.1, -0.05) is 19.1 Å². The number of aromatic amines is 1. The van der Waals surface area contributed by atoms with Crippen molar-refractivity contribution in [2.75, 3.05) is 18.5 Å². The molecule has 8 heteroatoms. The molecule has 0 fully saturated rings. The Labute approximate surface area is 194 Å². The number of hydrogen-bond donors (Lipinski definition) is 2. The predicted octanol–water partition coefficient (Wildman–Crippen LogP) is 4.75. The molecule has 2 aromatic carbocycles. The van der Waals surface area contributed by atoms with Crippen molar-refractivity contribution in [3.63, 3.8) is 0 Å². The number of fused-ring (bicyclic) bond motifs is 1. The Kier molecular flexibility index (Phi) is 5.66. The number of benzene rings is 2. The van der Waals surface area contributed by atoms with Gasteiger partial charge in [-0.15, -0.1) is 11.3 Å². The number of thiophene rings is 1. The number of carbonyl (C=O) groups is 1. The number of nitrogens with zero attached hydrogens (tertiary/aromatic N) is 1. The maximum Gasteiger partial charge on any atom is 0.265 e. The predicted molar refractivity (Wildman–Crippen MR) is 128 cm³/mol. The second kappa shape index (κ2) is 8.91. The van der Waals surface area contributed by atoms with Crippen molar-refractivity contribution in [3.8, 4) is 33.3 Å². The molecule has 0 atom stereocenters. The quantitative estimate of drug-likeness (QED) is 0.449. The van der Waals surface area contributed by atoms with Crippen LogP contribution in [0, 0.1) is 0 Å². The molecule has 5 rings (SSSR count). The highest BCUT2D eigenvalue weighted by molar-refractivity contribution is 7.17. The number of hydrogen-bond acceptors (Lipinski definition) is 6. The molecule has 1 amide bonds. The first-order valence-electron chi connectivity index (χ1n) is 10.6. The van der Waals surface area contributed by atoms with Crippen molar-refractivity contribution in [2.24, 2.45) is 0 Å².